The summed E-state index contributed by atoms with van der Waals surface area (Å²) in [5.41, 5.74) is 1.10. The standard InChI is InChI=1S/C10H13BrFN/c1-10(2,7-11)4-8-3-9(12)6-13-5-8/h3,5-6H,4,7H2,1-2H3. The molecule has 0 fully saturated rings. The predicted molar refractivity (Wildman–Crippen MR) is 55.5 cm³/mol. The van der Waals surface area contributed by atoms with Gasteiger partial charge in [-0.3, -0.25) is 4.98 Å². The summed E-state index contributed by atoms with van der Waals surface area (Å²) in [6.07, 6.45) is 3.78. The highest BCUT2D eigenvalue weighted by molar-refractivity contribution is 9.09. The normalized spacial score (nSPS) is 11.7. The molecule has 0 aliphatic rings. The summed E-state index contributed by atoms with van der Waals surface area (Å²) in [5.74, 6) is -0.261. The van der Waals surface area contributed by atoms with Crippen molar-refractivity contribution in [1.82, 2.24) is 4.98 Å². The van der Waals surface area contributed by atoms with Crippen molar-refractivity contribution < 1.29 is 4.39 Å². The van der Waals surface area contributed by atoms with Gasteiger partial charge >= 0.3 is 0 Å². The van der Waals surface area contributed by atoms with Crippen molar-refractivity contribution in [1.29, 1.82) is 0 Å². The van der Waals surface area contributed by atoms with Gasteiger partial charge in [0.1, 0.15) is 5.82 Å². The molecular weight excluding hydrogens is 233 g/mol. The first-order valence-corrected chi connectivity index (χ1v) is 5.31. The molecule has 0 radical (unpaired) electrons. The lowest BCUT2D eigenvalue weighted by atomic mass is 9.89. The number of rotatable bonds is 3. The van der Waals surface area contributed by atoms with Gasteiger partial charge in [0.25, 0.3) is 0 Å². The second-order valence-electron chi connectivity index (χ2n) is 3.99. The lowest BCUT2D eigenvalue weighted by Gasteiger charge is -2.21. The molecule has 72 valence electrons. The van der Waals surface area contributed by atoms with Crippen LogP contribution in [0.2, 0.25) is 0 Å². The third-order valence-corrected chi connectivity index (χ3v) is 3.32. The van der Waals surface area contributed by atoms with Gasteiger partial charge in [-0.25, -0.2) is 4.39 Å². The molecule has 1 aromatic heterocycles. The van der Waals surface area contributed by atoms with E-state index >= 15 is 0 Å². The van der Waals surface area contributed by atoms with Crippen molar-refractivity contribution in [2.45, 2.75) is 20.3 Å². The lowest BCUT2D eigenvalue weighted by molar-refractivity contribution is 0.423. The molecule has 0 aromatic carbocycles. The highest BCUT2D eigenvalue weighted by atomic mass is 79.9. The molecule has 1 aromatic rings. The quantitative estimate of drug-likeness (QED) is 0.746. The summed E-state index contributed by atoms with van der Waals surface area (Å²) in [4.78, 5) is 3.81. The zero-order valence-electron chi connectivity index (χ0n) is 7.85. The van der Waals surface area contributed by atoms with Crippen molar-refractivity contribution in [3.63, 3.8) is 0 Å². The van der Waals surface area contributed by atoms with Crippen LogP contribution in [0.25, 0.3) is 0 Å². The molecule has 1 heterocycles. The molecule has 0 spiro atoms. The van der Waals surface area contributed by atoms with Crippen LogP contribution in [0.5, 0.6) is 0 Å². The van der Waals surface area contributed by atoms with E-state index in [4.69, 9.17) is 0 Å². The number of hydrogen-bond acceptors (Lipinski definition) is 1. The van der Waals surface area contributed by atoms with Crippen molar-refractivity contribution >= 4 is 15.9 Å². The monoisotopic (exact) mass is 245 g/mol. The Labute approximate surface area is 86.5 Å². The first-order valence-electron chi connectivity index (χ1n) is 4.19. The molecule has 0 saturated heterocycles. The van der Waals surface area contributed by atoms with Crippen molar-refractivity contribution in [3.05, 3.63) is 29.8 Å². The van der Waals surface area contributed by atoms with Crippen LogP contribution >= 0.6 is 15.9 Å². The third kappa shape index (κ3) is 3.43. The third-order valence-electron chi connectivity index (χ3n) is 1.81. The van der Waals surface area contributed by atoms with Crippen LogP contribution in [-0.4, -0.2) is 10.3 Å². The minimum absolute atomic E-state index is 0.148. The number of aromatic nitrogens is 1. The molecular formula is C10H13BrFN. The van der Waals surface area contributed by atoms with Gasteiger partial charge in [-0.1, -0.05) is 29.8 Å². The minimum Gasteiger partial charge on any atom is -0.261 e. The molecule has 0 bridgehead atoms. The van der Waals surface area contributed by atoms with Crippen molar-refractivity contribution in [3.8, 4) is 0 Å². The van der Waals surface area contributed by atoms with Crippen LogP contribution in [-0.2, 0) is 6.42 Å². The Balaban J connectivity index is 2.74. The van der Waals surface area contributed by atoms with E-state index in [1.54, 1.807) is 6.20 Å². The van der Waals surface area contributed by atoms with Crippen molar-refractivity contribution in [2.75, 3.05) is 5.33 Å². The van der Waals surface area contributed by atoms with E-state index in [0.717, 1.165) is 17.3 Å². The Morgan fingerprint density at radius 2 is 2.15 bits per heavy atom. The molecule has 1 rings (SSSR count). The molecule has 13 heavy (non-hydrogen) atoms. The Morgan fingerprint density at radius 1 is 1.46 bits per heavy atom. The van der Waals surface area contributed by atoms with E-state index in [2.05, 4.69) is 34.8 Å². The molecule has 0 atom stereocenters. The maximum absolute atomic E-state index is 12.8. The van der Waals surface area contributed by atoms with Gasteiger partial charge in [-0.15, -0.1) is 0 Å². The molecule has 0 amide bonds. The molecule has 0 N–H and O–H groups in total. The van der Waals surface area contributed by atoms with Crippen LogP contribution in [0.3, 0.4) is 0 Å². The SMILES string of the molecule is CC(C)(CBr)Cc1cncc(F)c1. The van der Waals surface area contributed by atoms with Gasteiger partial charge in [0.15, 0.2) is 0 Å². The fraction of sp³-hybridized carbons (Fsp3) is 0.500. The molecule has 0 aliphatic carbocycles. The predicted octanol–water partition coefficient (Wildman–Crippen LogP) is 3.18. The Kier molecular flexibility index (Phi) is 3.42. The summed E-state index contributed by atoms with van der Waals surface area (Å²) < 4.78 is 12.8. The van der Waals surface area contributed by atoms with Gasteiger partial charge in [0, 0.05) is 11.5 Å². The summed E-state index contributed by atoms with van der Waals surface area (Å²) in [6.45, 7) is 4.26. The van der Waals surface area contributed by atoms with Gasteiger partial charge in [0.05, 0.1) is 6.20 Å². The highest BCUT2D eigenvalue weighted by Gasteiger charge is 2.16. The number of alkyl halides is 1. The van der Waals surface area contributed by atoms with E-state index in [9.17, 15) is 4.39 Å². The van der Waals surface area contributed by atoms with Crippen LogP contribution in [0.1, 0.15) is 19.4 Å². The number of halogens is 2. The first-order chi connectivity index (χ1) is 6.03. The molecule has 0 unspecified atom stereocenters. The van der Waals surface area contributed by atoms with Gasteiger partial charge in [-0.05, 0) is 23.5 Å². The average molecular weight is 246 g/mol. The summed E-state index contributed by atoms with van der Waals surface area (Å²) in [7, 11) is 0. The van der Waals surface area contributed by atoms with E-state index in [1.807, 2.05) is 0 Å². The maximum Gasteiger partial charge on any atom is 0.141 e. The van der Waals surface area contributed by atoms with Crippen LogP contribution in [0, 0.1) is 11.2 Å². The van der Waals surface area contributed by atoms with Crippen LogP contribution in [0.15, 0.2) is 18.5 Å². The summed E-state index contributed by atoms with van der Waals surface area (Å²) in [5, 5.41) is 0.899. The van der Waals surface area contributed by atoms with E-state index < -0.39 is 0 Å². The van der Waals surface area contributed by atoms with Gasteiger partial charge in [0.2, 0.25) is 0 Å². The molecule has 0 aliphatic heterocycles. The number of pyridine rings is 1. The second-order valence-corrected chi connectivity index (χ2v) is 4.55. The smallest absolute Gasteiger partial charge is 0.141 e. The number of hydrogen-bond donors (Lipinski definition) is 0. The summed E-state index contributed by atoms with van der Waals surface area (Å²) >= 11 is 3.43. The van der Waals surface area contributed by atoms with Crippen LogP contribution < -0.4 is 0 Å². The fourth-order valence-electron chi connectivity index (χ4n) is 1.15. The fourth-order valence-corrected chi connectivity index (χ4v) is 1.35. The van der Waals surface area contributed by atoms with E-state index in [1.165, 1.54) is 12.3 Å². The van der Waals surface area contributed by atoms with E-state index in [-0.39, 0.29) is 11.2 Å². The zero-order chi connectivity index (χ0) is 9.90. The van der Waals surface area contributed by atoms with Gasteiger partial charge in [-0.2, -0.15) is 0 Å². The topological polar surface area (TPSA) is 12.9 Å². The Morgan fingerprint density at radius 3 is 2.69 bits per heavy atom. The second kappa shape index (κ2) is 4.18. The van der Waals surface area contributed by atoms with E-state index in [0.29, 0.717) is 0 Å². The average Bonchev–Trinajstić information content (AvgIpc) is 2.03. The van der Waals surface area contributed by atoms with Gasteiger partial charge < -0.3 is 0 Å². The zero-order valence-corrected chi connectivity index (χ0v) is 9.44. The Bertz CT molecular complexity index is 286. The first kappa shape index (κ1) is 10.6. The van der Waals surface area contributed by atoms with Crippen molar-refractivity contribution in [2.24, 2.45) is 5.41 Å². The molecule has 1 nitrogen and oxygen atoms in total. The van der Waals surface area contributed by atoms with Crippen LogP contribution in [0.4, 0.5) is 4.39 Å². The summed E-state index contributed by atoms with van der Waals surface area (Å²) in [6, 6.07) is 1.54. The largest absolute Gasteiger partial charge is 0.261 e. The molecule has 0 saturated carbocycles. The maximum atomic E-state index is 12.8. The lowest BCUT2D eigenvalue weighted by Crippen LogP contribution is -2.16. The molecule has 3 heteroatoms. The Hall–Kier alpha value is -0.440. The number of nitrogens with zero attached hydrogens (tertiary/aromatic N) is 1. The minimum atomic E-state index is -0.261. The highest BCUT2D eigenvalue weighted by Crippen LogP contribution is 2.23.